The molecule has 0 aliphatic rings. The van der Waals surface area contributed by atoms with Gasteiger partial charge in [-0.1, -0.05) is 12.1 Å². The largest absolute Gasteiger partial charge is 0.573 e. The minimum Gasteiger partial charge on any atom is -0.406 e. The Balaban J connectivity index is 2.83. The molecule has 1 N–H and O–H groups in total. The lowest BCUT2D eigenvalue weighted by atomic mass is 10.1. The van der Waals surface area contributed by atoms with Crippen molar-refractivity contribution in [3.05, 3.63) is 29.8 Å². The Morgan fingerprint density at radius 1 is 1.44 bits per heavy atom. The van der Waals surface area contributed by atoms with Crippen LogP contribution in [0.3, 0.4) is 0 Å². The number of nitrogens with one attached hydrogen (secondary N) is 1. The van der Waals surface area contributed by atoms with Crippen molar-refractivity contribution in [2.75, 3.05) is 13.6 Å². The normalized spacial score (nSPS) is 11.2. The number of ether oxygens (including phenoxy) is 1. The average Bonchev–Trinajstić information content (AvgIpc) is 2.16. The lowest BCUT2D eigenvalue weighted by Gasteiger charge is -2.09. The maximum atomic E-state index is 11.9. The van der Waals surface area contributed by atoms with Crippen molar-refractivity contribution in [1.29, 1.82) is 0 Å². The fraction of sp³-hybridized carbons (Fsp3) is 0.300. The highest BCUT2D eigenvalue weighted by molar-refractivity contribution is 5.97. The molecule has 0 spiro atoms. The van der Waals surface area contributed by atoms with Gasteiger partial charge in [0.05, 0.1) is 6.54 Å². The standard InChI is InChI=1S/C10H10F3NO2/c1-14-6-9(15)7-3-2-4-8(5-7)16-10(11,12)13/h2-5,14H,6H2,1H3. The highest BCUT2D eigenvalue weighted by atomic mass is 19.4. The van der Waals surface area contributed by atoms with Gasteiger partial charge in [-0.05, 0) is 19.2 Å². The zero-order valence-corrected chi connectivity index (χ0v) is 8.47. The van der Waals surface area contributed by atoms with Crippen LogP contribution in [-0.2, 0) is 0 Å². The molecule has 0 aromatic heterocycles. The molecule has 16 heavy (non-hydrogen) atoms. The molecule has 0 aliphatic carbocycles. The van der Waals surface area contributed by atoms with E-state index in [0.717, 1.165) is 12.1 Å². The average molecular weight is 233 g/mol. The van der Waals surface area contributed by atoms with E-state index < -0.39 is 12.1 Å². The molecule has 0 atom stereocenters. The zero-order chi connectivity index (χ0) is 12.2. The Bertz CT molecular complexity index is 377. The fourth-order valence-corrected chi connectivity index (χ4v) is 1.13. The predicted molar refractivity (Wildman–Crippen MR) is 51.4 cm³/mol. The number of alkyl halides is 3. The molecule has 1 aromatic carbocycles. The molecule has 0 heterocycles. The molecular formula is C10H10F3NO2. The first-order chi connectivity index (χ1) is 7.42. The lowest BCUT2D eigenvalue weighted by molar-refractivity contribution is -0.274. The molecule has 0 saturated carbocycles. The van der Waals surface area contributed by atoms with Crippen LogP contribution in [0.25, 0.3) is 0 Å². The maximum absolute atomic E-state index is 11.9. The highest BCUT2D eigenvalue weighted by Crippen LogP contribution is 2.23. The summed E-state index contributed by atoms with van der Waals surface area (Å²) in [6.07, 6.45) is -4.75. The molecule has 0 aliphatic heterocycles. The van der Waals surface area contributed by atoms with Crippen molar-refractivity contribution >= 4 is 5.78 Å². The molecule has 1 rings (SSSR count). The van der Waals surface area contributed by atoms with Gasteiger partial charge < -0.3 is 10.1 Å². The molecular weight excluding hydrogens is 223 g/mol. The van der Waals surface area contributed by atoms with Crippen LogP contribution in [0.4, 0.5) is 13.2 Å². The first kappa shape index (κ1) is 12.5. The Labute approximate surface area is 90.2 Å². The fourth-order valence-electron chi connectivity index (χ4n) is 1.13. The molecule has 0 bridgehead atoms. The van der Waals surface area contributed by atoms with E-state index in [9.17, 15) is 18.0 Å². The SMILES string of the molecule is CNCC(=O)c1cccc(OC(F)(F)F)c1. The summed E-state index contributed by atoms with van der Waals surface area (Å²) in [6, 6.07) is 4.98. The van der Waals surface area contributed by atoms with E-state index in [-0.39, 0.29) is 17.9 Å². The van der Waals surface area contributed by atoms with Crippen molar-refractivity contribution in [3.63, 3.8) is 0 Å². The summed E-state index contributed by atoms with van der Waals surface area (Å²) in [5, 5.41) is 2.62. The predicted octanol–water partition coefficient (Wildman–Crippen LogP) is 1.99. The maximum Gasteiger partial charge on any atom is 0.573 e. The van der Waals surface area contributed by atoms with Crippen molar-refractivity contribution in [2.45, 2.75) is 6.36 Å². The Kier molecular flexibility index (Phi) is 3.89. The van der Waals surface area contributed by atoms with E-state index in [1.165, 1.54) is 12.1 Å². The van der Waals surface area contributed by atoms with Gasteiger partial charge in [0.2, 0.25) is 0 Å². The van der Waals surface area contributed by atoms with Gasteiger partial charge in [0, 0.05) is 5.56 Å². The minimum atomic E-state index is -4.75. The van der Waals surface area contributed by atoms with Crippen molar-refractivity contribution in [2.24, 2.45) is 0 Å². The number of ketones is 1. The zero-order valence-electron chi connectivity index (χ0n) is 8.47. The number of carbonyl (C=O) groups excluding carboxylic acids is 1. The van der Waals surface area contributed by atoms with Gasteiger partial charge in [-0.25, -0.2) is 0 Å². The van der Waals surface area contributed by atoms with Crippen molar-refractivity contribution in [3.8, 4) is 5.75 Å². The smallest absolute Gasteiger partial charge is 0.406 e. The molecule has 6 heteroatoms. The van der Waals surface area contributed by atoms with Crippen LogP contribution in [0.1, 0.15) is 10.4 Å². The molecule has 0 radical (unpaired) electrons. The van der Waals surface area contributed by atoms with Crippen LogP contribution in [0.2, 0.25) is 0 Å². The third kappa shape index (κ3) is 3.90. The quantitative estimate of drug-likeness (QED) is 0.808. The van der Waals surface area contributed by atoms with E-state index in [2.05, 4.69) is 10.1 Å². The Morgan fingerprint density at radius 3 is 2.69 bits per heavy atom. The number of rotatable bonds is 4. The van der Waals surface area contributed by atoms with Gasteiger partial charge in [0.15, 0.2) is 5.78 Å². The van der Waals surface area contributed by atoms with Gasteiger partial charge >= 0.3 is 6.36 Å². The second-order valence-electron chi connectivity index (χ2n) is 3.03. The number of carbonyl (C=O) groups is 1. The van der Waals surface area contributed by atoms with Gasteiger partial charge in [0.25, 0.3) is 0 Å². The first-order valence-corrected chi connectivity index (χ1v) is 4.46. The molecule has 0 amide bonds. The van der Waals surface area contributed by atoms with E-state index in [0.29, 0.717) is 0 Å². The number of hydrogen-bond donors (Lipinski definition) is 1. The summed E-state index contributed by atoms with van der Waals surface area (Å²) in [6.45, 7) is 0.0650. The third-order valence-electron chi connectivity index (χ3n) is 1.73. The van der Waals surface area contributed by atoms with Crippen molar-refractivity contribution < 1.29 is 22.7 Å². The van der Waals surface area contributed by atoms with Crippen LogP contribution in [0.5, 0.6) is 5.75 Å². The summed E-state index contributed by atoms with van der Waals surface area (Å²) in [7, 11) is 1.58. The van der Waals surface area contributed by atoms with Crippen LogP contribution in [-0.4, -0.2) is 25.7 Å². The van der Waals surface area contributed by atoms with E-state index in [4.69, 9.17) is 0 Å². The highest BCUT2D eigenvalue weighted by Gasteiger charge is 2.31. The number of likely N-dealkylation sites (N-methyl/N-ethyl adjacent to an activating group) is 1. The number of Topliss-reactive ketones (excluding diaryl/α,β-unsaturated/α-hetero) is 1. The summed E-state index contributed by atoms with van der Waals surface area (Å²) in [5.41, 5.74) is 0.177. The number of halogens is 3. The minimum absolute atomic E-state index is 0.0650. The second kappa shape index (κ2) is 4.98. The van der Waals surface area contributed by atoms with Gasteiger partial charge in [-0.15, -0.1) is 13.2 Å². The van der Waals surface area contributed by atoms with Crippen molar-refractivity contribution in [1.82, 2.24) is 5.32 Å². The summed E-state index contributed by atoms with van der Waals surface area (Å²) in [5.74, 6) is -0.690. The van der Waals surface area contributed by atoms with Crippen LogP contribution in [0.15, 0.2) is 24.3 Å². The van der Waals surface area contributed by atoms with Gasteiger partial charge in [0.1, 0.15) is 5.75 Å². The molecule has 1 aromatic rings. The lowest BCUT2D eigenvalue weighted by Crippen LogP contribution is -2.19. The van der Waals surface area contributed by atoms with Crippen LogP contribution in [0, 0.1) is 0 Å². The van der Waals surface area contributed by atoms with E-state index >= 15 is 0 Å². The van der Waals surface area contributed by atoms with Crippen LogP contribution < -0.4 is 10.1 Å². The van der Waals surface area contributed by atoms with E-state index in [1.807, 2.05) is 0 Å². The molecule has 0 unspecified atom stereocenters. The summed E-state index contributed by atoms with van der Waals surface area (Å²) >= 11 is 0. The summed E-state index contributed by atoms with van der Waals surface area (Å²) < 4.78 is 39.4. The number of benzene rings is 1. The second-order valence-corrected chi connectivity index (χ2v) is 3.03. The Hall–Kier alpha value is -1.56. The summed E-state index contributed by atoms with van der Waals surface area (Å²) in [4.78, 5) is 11.4. The first-order valence-electron chi connectivity index (χ1n) is 4.46. The van der Waals surface area contributed by atoms with Gasteiger partial charge in [-0.3, -0.25) is 4.79 Å². The molecule has 0 saturated heterocycles. The molecule has 0 fully saturated rings. The van der Waals surface area contributed by atoms with Gasteiger partial charge in [-0.2, -0.15) is 0 Å². The molecule has 3 nitrogen and oxygen atoms in total. The topological polar surface area (TPSA) is 38.3 Å². The Morgan fingerprint density at radius 2 is 2.12 bits per heavy atom. The van der Waals surface area contributed by atoms with Crippen LogP contribution >= 0.6 is 0 Å². The third-order valence-corrected chi connectivity index (χ3v) is 1.73. The monoisotopic (exact) mass is 233 g/mol. The molecule has 88 valence electrons. The van der Waals surface area contributed by atoms with E-state index in [1.54, 1.807) is 7.05 Å². The number of hydrogen-bond acceptors (Lipinski definition) is 3.